The van der Waals surface area contributed by atoms with Gasteiger partial charge >= 0.3 is 6.03 Å². The maximum Gasteiger partial charge on any atom is 0.319 e. The summed E-state index contributed by atoms with van der Waals surface area (Å²) >= 11 is 0. The third-order valence-corrected chi connectivity index (χ3v) is 2.73. The van der Waals surface area contributed by atoms with Crippen molar-refractivity contribution in [3.05, 3.63) is 24.0 Å². The average molecular weight is 205 g/mol. The van der Waals surface area contributed by atoms with Crippen LogP contribution in [0.1, 0.15) is 24.8 Å². The standard InChI is InChI=1S/C11H15N3O/c1-8-5-6-12-7-10(8)14-11(15)13-9-3-2-4-9/h5-7,9H,2-4H2,1H3,(H2,13,14,15). The molecule has 0 aliphatic heterocycles. The molecule has 2 N–H and O–H groups in total. The van der Waals surface area contributed by atoms with Crippen LogP contribution in [0.25, 0.3) is 0 Å². The van der Waals surface area contributed by atoms with Gasteiger partial charge in [-0.05, 0) is 37.8 Å². The quantitative estimate of drug-likeness (QED) is 0.776. The van der Waals surface area contributed by atoms with Crippen LogP contribution in [0.15, 0.2) is 18.5 Å². The lowest BCUT2D eigenvalue weighted by Crippen LogP contribution is -2.41. The van der Waals surface area contributed by atoms with Crippen LogP contribution >= 0.6 is 0 Å². The lowest BCUT2D eigenvalue weighted by atomic mass is 9.93. The van der Waals surface area contributed by atoms with Crippen molar-refractivity contribution in [1.29, 1.82) is 0 Å². The van der Waals surface area contributed by atoms with E-state index in [0.717, 1.165) is 24.1 Å². The first-order valence-electron chi connectivity index (χ1n) is 5.24. The summed E-state index contributed by atoms with van der Waals surface area (Å²) in [7, 11) is 0. The molecule has 0 radical (unpaired) electrons. The number of urea groups is 1. The third kappa shape index (κ3) is 2.46. The molecule has 1 aromatic rings. The molecule has 1 aromatic heterocycles. The Hall–Kier alpha value is -1.58. The Balaban J connectivity index is 1.90. The van der Waals surface area contributed by atoms with Crippen molar-refractivity contribution < 1.29 is 4.79 Å². The fraction of sp³-hybridized carbons (Fsp3) is 0.455. The summed E-state index contributed by atoms with van der Waals surface area (Å²) in [5.41, 5.74) is 1.79. The summed E-state index contributed by atoms with van der Waals surface area (Å²) in [6.45, 7) is 1.95. The van der Waals surface area contributed by atoms with Crippen LogP contribution in [0.2, 0.25) is 0 Å². The van der Waals surface area contributed by atoms with Crippen molar-refractivity contribution in [3.8, 4) is 0 Å². The zero-order valence-corrected chi connectivity index (χ0v) is 8.79. The summed E-state index contributed by atoms with van der Waals surface area (Å²) in [6.07, 6.45) is 6.79. The van der Waals surface area contributed by atoms with Gasteiger partial charge in [0.2, 0.25) is 0 Å². The van der Waals surface area contributed by atoms with Crippen molar-refractivity contribution in [2.24, 2.45) is 0 Å². The first kappa shape index (κ1) is 9.96. The second-order valence-electron chi connectivity index (χ2n) is 3.92. The number of anilines is 1. The molecular formula is C11H15N3O. The minimum Gasteiger partial charge on any atom is -0.335 e. The number of nitrogens with zero attached hydrogens (tertiary/aromatic N) is 1. The summed E-state index contributed by atoms with van der Waals surface area (Å²) in [4.78, 5) is 15.5. The third-order valence-electron chi connectivity index (χ3n) is 2.73. The van der Waals surface area contributed by atoms with Crippen LogP contribution in [0.5, 0.6) is 0 Å². The largest absolute Gasteiger partial charge is 0.335 e. The molecule has 1 heterocycles. The Morgan fingerprint density at radius 3 is 2.93 bits per heavy atom. The molecule has 1 saturated carbocycles. The number of aryl methyl sites for hydroxylation is 1. The van der Waals surface area contributed by atoms with Crippen molar-refractivity contribution >= 4 is 11.7 Å². The van der Waals surface area contributed by atoms with Crippen LogP contribution < -0.4 is 10.6 Å². The monoisotopic (exact) mass is 205 g/mol. The van der Waals surface area contributed by atoms with Crippen molar-refractivity contribution in [1.82, 2.24) is 10.3 Å². The van der Waals surface area contributed by atoms with E-state index in [1.54, 1.807) is 12.4 Å². The van der Waals surface area contributed by atoms with Crippen molar-refractivity contribution in [2.45, 2.75) is 32.2 Å². The predicted octanol–water partition coefficient (Wildman–Crippen LogP) is 2.06. The fourth-order valence-corrected chi connectivity index (χ4v) is 1.49. The summed E-state index contributed by atoms with van der Waals surface area (Å²) in [5.74, 6) is 0. The van der Waals surface area contributed by atoms with E-state index < -0.39 is 0 Å². The highest BCUT2D eigenvalue weighted by molar-refractivity contribution is 5.90. The van der Waals surface area contributed by atoms with Crippen LogP contribution in [0.4, 0.5) is 10.5 Å². The molecule has 4 heteroatoms. The predicted molar refractivity (Wildman–Crippen MR) is 58.8 cm³/mol. The second kappa shape index (κ2) is 4.29. The highest BCUT2D eigenvalue weighted by Crippen LogP contribution is 2.18. The summed E-state index contributed by atoms with van der Waals surface area (Å²) < 4.78 is 0. The van der Waals surface area contributed by atoms with Crippen molar-refractivity contribution in [3.63, 3.8) is 0 Å². The van der Waals surface area contributed by atoms with E-state index >= 15 is 0 Å². The van der Waals surface area contributed by atoms with E-state index in [0.29, 0.717) is 6.04 Å². The van der Waals surface area contributed by atoms with Gasteiger partial charge in [0.15, 0.2) is 0 Å². The first-order valence-corrected chi connectivity index (χ1v) is 5.24. The van der Waals surface area contributed by atoms with E-state index in [1.807, 2.05) is 13.0 Å². The Labute approximate surface area is 89.1 Å². The first-order chi connectivity index (χ1) is 7.25. The molecule has 80 valence electrons. The number of pyridine rings is 1. The number of nitrogens with one attached hydrogen (secondary N) is 2. The zero-order valence-electron chi connectivity index (χ0n) is 8.79. The Kier molecular flexibility index (Phi) is 2.85. The molecule has 0 unspecified atom stereocenters. The maximum atomic E-state index is 11.5. The van der Waals surface area contributed by atoms with E-state index in [1.165, 1.54) is 6.42 Å². The van der Waals surface area contributed by atoms with E-state index in [2.05, 4.69) is 15.6 Å². The number of hydrogen-bond donors (Lipinski definition) is 2. The van der Waals surface area contributed by atoms with Gasteiger partial charge < -0.3 is 10.6 Å². The minimum absolute atomic E-state index is 0.129. The SMILES string of the molecule is Cc1ccncc1NC(=O)NC1CCC1. The van der Waals surface area contributed by atoms with Gasteiger partial charge in [-0.3, -0.25) is 4.98 Å². The molecule has 1 fully saturated rings. The molecule has 1 aliphatic rings. The highest BCUT2D eigenvalue weighted by Gasteiger charge is 2.19. The van der Waals surface area contributed by atoms with Crippen molar-refractivity contribution in [2.75, 3.05) is 5.32 Å². The number of hydrogen-bond acceptors (Lipinski definition) is 2. The van der Waals surface area contributed by atoms with Gasteiger partial charge in [0.05, 0.1) is 11.9 Å². The molecule has 2 amide bonds. The molecule has 0 spiro atoms. The van der Waals surface area contributed by atoms with Gasteiger partial charge in [0.1, 0.15) is 0 Å². The molecule has 1 aliphatic carbocycles. The smallest absolute Gasteiger partial charge is 0.319 e. The van der Waals surface area contributed by atoms with Gasteiger partial charge in [-0.1, -0.05) is 0 Å². The second-order valence-corrected chi connectivity index (χ2v) is 3.92. The normalized spacial score (nSPS) is 15.5. The molecule has 0 saturated heterocycles. The van der Waals surface area contributed by atoms with Gasteiger partial charge in [0.25, 0.3) is 0 Å². The number of rotatable bonds is 2. The fourth-order valence-electron chi connectivity index (χ4n) is 1.49. The van der Waals surface area contributed by atoms with Gasteiger partial charge in [-0.15, -0.1) is 0 Å². The number of carbonyl (C=O) groups is 1. The van der Waals surface area contributed by atoms with E-state index in [-0.39, 0.29) is 6.03 Å². The van der Waals surface area contributed by atoms with E-state index in [4.69, 9.17) is 0 Å². The van der Waals surface area contributed by atoms with Gasteiger partial charge in [0, 0.05) is 12.2 Å². The maximum absolute atomic E-state index is 11.5. The molecule has 4 nitrogen and oxygen atoms in total. The summed E-state index contributed by atoms with van der Waals surface area (Å²) in [6, 6.07) is 2.11. The van der Waals surface area contributed by atoms with Crippen LogP contribution in [-0.2, 0) is 0 Å². The molecular weight excluding hydrogens is 190 g/mol. The zero-order chi connectivity index (χ0) is 10.7. The average Bonchev–Trinajstić information content (AvgIpc) is 2.16. The van der Waals surface area contributed by atoms with Crippen LogP contribution in [0, 0.1) is 6.92 Å². The molecule has 15 heavy (non-hydrogen) atoms. The van der Waals surface area contributed by atoms with Crippen LogP contribution in [-0.4, -0.2) is 17.1 Å². The van der Waals surface area contributed by atoms with Gasteiger partial charge in [-0.25, -0.2) is 4.79 Å². The molecule has 0 atom stereocenters. The Morgan fingerprint density at radius 1 is 1.53 bits per heavy atom. The van der Waals surface area contributed by atoms with Gasteiger partial charge in [-0.2, -0.15) is 0 Å². The Morgan fingerprint density at radius 2 is 2.33 bits per heavy atom. The van der Waals surface area contributed by atoms with E-state index in [9.17, 15) is 4.79 Å². The molecule has 2 rings (SSSR count). The topological polar surface area (TPSA) is 54.0 Å². The lowest BCUT2D eigenvalue weighted by Gasteiger charge is -2.26. The number of carbonyl (C=O) groups excluding carboxylic acids is 1. The van der Waals surface area contributed by atoms with Crippen LogP contribution in [0.3, 0.4) is 0 Å². The number of aromatic nitrogens is 1. The molecule has 0 aromatic carbocycles. The highest BCUT2D eigenvalue weighted by atomic mass is 16.2. The number of amides is 2. The minimum atomic E-state index is -0.129. The lowest BCUT2D eigenvalue weighted by molar-refractivity contribution is 0.240. The molecule has 0 bridgehead atoms. The Bertz CT molecular complexity index is 361. The summed E-state index contributed by atoms with van der Waals surface area (Å²) in [5, 5.41) is 5.71.